The molecular formula is C30H36FN7O4S. The number of nitrogens with one attached hydrogen (secondary N) is 2. The summed E-state index contributed by atoms with van der Waals surface area (Å²) in [6.45, 7) is 5.63. The number of benzene rings is 1. The Morgan fingerprint density at radius 2 is 1.98 bits per heavy atom. The van der Waals surface area contributed by atoms with Gasteiger partial charge in [-0.2, -0.15) is 4.98 Å². The van der Waals surface area contributed by atoms with Crippen molar-refractivity contribution < 1.29 is 22.3 Å². The van der Waals surface area contributed by atoms with E-state index < -0.39 is 22.1 Å². The number of alkyl halides is 1. The lowest BCUT2D eigenvalue weighted by Gasteiger charge is -2.41. The van der Waals surface area contributed by atoms with Crippen LogP contribution in [0.15, 0.2) is 49.3 Å². The number of rotatable bonds is 10. The maximum absolute atomic E-state index is 14.5. The van der Waals surface area contributed by atoms with E-state index in [1.807, 2.05) is 17.2 Å². The predicted octanol–water partition coefficient (Wildman–Crippen LogP) is 2.97. The van der Waals surface area contributed by atoms with Gasteiger partial charge in [-0.05, 0) is 48.1 Å². The third-order valence-electron chi connectivity index (χ3n) is 8.42. The molecule has 1 amide bonds. The van der Waals surface area contributed by atoms with Crippen LogP contribution in [-0.4, -0.2) is 92.9 Å². The second-order valence-corrected chi connectivity index (χ2v) is 13.9. The number of carbonyl (C=O) groups excluding carboxylic acids is 1. The molecule has 3 aliphatic rings. The minimum atomic E-state index is -3.04. The molecule has 4 heterocycles. The van der Waals surface area contributed by atoms with Crippen molar-refractivity contribution in [2.24, 2.45) is 5.92 Å². The second kappa shape index (κ2) is 11.7. The van der Waals surface area contributed by atoms with Crippen molar-refractivity contribution in [2.75, 3.05) is 60.4 Å². The molecule has 2 aromatic heterocycles. The van der Waals surface area contributed by atoms with Gasteiger partial charge in [-0.15, -0.1) is 0 Å². The molecule has 43 heavy (non-hydrogen) atoms. The second-order valence-electron chi connectivity index (χ2n) is 11.7. The number of fused-ring (bicyclic) bond motifs is 1. The van der Waals surface area contributed by atoms with E-state index in [0.29, 0.717) is 43.6 Å². The van der Waals surface area contributed by atoms with E-state index in [1.54, 1.807) is 12.3 Å². The number of anilines is 4. The highest BCUT2D eigenvalue weighted by molar-refractivity contribution is 7.90. The number of methoxy groups -OCH3 is 1. The summed E-state index contributed by atoms with van der Waals surface area (Å²) < 4.78 is 43.3. The number of hydrogen-bond donors (Lipinski definition) is 2. The van der Waals surface area contributed by atoms with Crippen molar-refractivity contribution in [3.05, 3.63) is 54.9 Å². The van der Waals surface area contributed by atoms with Crippen LogP contribution in [0.2, 0.25) is 0 Å². The number of sulfone groups is 1. The monoisotopic (exact) mass is 609 g/mol. The number of ether oxygens (including phenoxy) is 1. The van der Waals surface area contributed by atoms with Crippen LogP contribution in [0.1, 0.15) is 24.3 Å². The fourth-order valence-electron chi connectivity index (χ4n) is 6.19. The number of piperidine rings is 1. The molecule has 0 spiro atoms. The summed E-state index contributed by atoms with van der Waals surface area (Å²) >= 11 is 0. The van der Waals surface area contributed by atoms with Gasteiger partial charge in [0.05, 0.1) is 18.4 Å². The van der Waals surface area contributed by atoms with Gasteiger partial charge in [0.15, 0.2) is 0 Å². The highest BCUT2D eigenvalue weighted by Gasteiger charge is 2.41. The first-order valence-electron chi connectivity index (χ1n) is 14.4. The van der Waals surface area contributed by atoms with E-state index in [9.17, 15) is 17.6 Å². The molecule has 11 nitrogen and oxygen atoms in total. The summed E-state index contributed by atoms with van der Waals surface area (Å²) in [5.41, 5.74) is 2.10. The van der Waals surface area contributed by atoms with E-state index in [1.165, 1.54) is 19.4 Å². The zero-order valence-corrected chi connectivity index (χ0v) is 25.1. The Bertz CT molecular complexity index is 1650. The average molecular weight is 610 g/mol. The van der Waals surface area contributed by atoms with Crippen molar-refractivity contribution in [3.8, 4) is 0 Å². The van der Waals surface area contributed by atoms with Crippen LogP contribution >= 0.6 is 0 Å². The topological polar surface area (TPSA) is 130 Å². The summed E-state index contributed by atoms with van der Waals surface area (Å²) in [6, 6.07) is 7.91. The van der Waals surface area contributed by atoms with Crippen LogP contribution in [0, 0.1) is 5.92 Å². The first kappa shape index (κ1) is 29.2. The number of carbonyl (C=O) groups is 1. The normalized spacial score (nSPS) is 24.0. The van der Waals surface area contributed by atoms with Gasteiger partial charge in [-0.25, -0.2) is 22.8 Å². The predicted molar refractivity (Wildman–Crippen MR) is 164 cm³/mol. The van der Waals surface area contributed by atoms with Crippen molar-refractivity contribution in [3.63, 3.8) is 0 Å². The molecule has 228 valence electrons. The number of pyridine rings is 1. The summed E-state index contributed by atoms with van der Waals surface area (Å²) in [5.74, 6) is 1.79. The first-order chi connectivity index (χ1) is 20.6. The Labute approximate surface area is 250 Å². The van der Waals surface area contributed by atoms with E-state index in [4.69, 9.17) is 9.72 Å². The molecule has 0 radical (unpaired) electrons. The quantitative estimate of drug-likeness (QED) is 0.331. The molecule has 1 saturated carbocycles. The zero-order chi connectivity index (χ0) is 30.3. The van der Waals surface area contributed by atoms with Crippen LogP contribution in [0.25, 0.3) is 10.8 Å². The molecule has 3 aromatic rings. The molecule has 1 aliphatic carbocycles. The molecular weight excluding hydrogens is 573 g/mol. The molecule has 2 aliphatic heterocycles. The molecule has 4 atom stereocenters. The molecule has 0 bridgehead atoms. The van der Waals surface area contributed by atoms with Crippen LogP contribution in [-0.2, 0) is 19.4 Å². The molecule has 1 aromatic carbocycles. The van der Waals surface area contributed by atoms with Crippen molar-refractivity contribution in [2.45, 2.75) is 37.1 Å². The summed E-state index contributed by atoms with van der Waals surface area (Å²) in [4.78, 5) is 29.6. The minimum Gasteiger partial charge on any atom is -0.378 e. The number of nitrogens with zero attached hydrogens (tertiary/aromatic N) is 5. The highest BCUT2D eigenvalue weighted by atomic mass is 32.2. The smallest absolute Gasteiger partial charge is 0.243 e. The Balaban J connectivity index is 1.26. The van der Waals surface area contributed by atoms with Crippen molar-refractivity contribution >= 4 is 49.8 Å². The van der Waals surface area contributed by atoms with Crippen LogP contribution in [0.4, 0.5) is 27.7 Å². The van der Waals surface area contributed by atoms with E-state index in [2.05, 4.69) is 44.2 Å². The van der Waals surface area contributed by atoms with Gasteiger partial charge in [0.2, 0.25) is 11.9 Å². The number of halogens is 1. The average Bonchev–Trinajstić information content (AvgIpc) is 3.72. The summed E-state index contributed by atoms with van der Waals surface area (Å²) in [5, 5.41) is 8.23. The van der Waals surface area contributed by atoms with Gasteiger partial charge >= 0.3 is 0 Å². The van der Waals surface area contributed by atoms with Gasteiger partial charge in [-0.3, -0.25) is 4.79 Å². The third-order valence-corrected chi connectivity index (χ3v) is 9.49. The van der Waals surface area contributed by atoms with Crippen molar-refractivity contribution in [1.82, 2.24) is 20.3 Å². The molecule has 2 saturated heterocycles. The molecule has 0 unspecified atom stereocenters. The number of amides is 1. The molecule has 2 N–H and O–H groups in total. The van der Waals surface area contributed by atoms with Gasteiger partial charge < -0.3 is 25.2 Å². The van der Waals surface area contributed by atoms with Crippen LogP contribution in [0.3, 0.4) is 0 Å². The summed E-state index contributed by atoms with van der Waals surface area (Å²) in [7, 11) is -1.51. The van der Waals surface area contributed by atoms with Gasteiger partial charge in [0, 0.05) is 74.3 Å². The standard InChI is InChI=1S/C30H36FN7O4S/c1-4-29(39)34-24-11-21(24)19-5-6-25(38-14-18(15-38)17-43(3,40)41)22-13-33-28(12-20(19)22)35-27-7-9-32-30(36-27)37-10-8-26(42-2)23(31)16-37/h4-7,9,12-13,18,21,23-24,26H,1,8,10-11,14-17H2,2-3H3,(H,34,39)(H,32,33,35,36)/t21-,23+,24+,26-/m1/s1. The summed E-state index contributed by atoms with van der Waals surface area (Å²) in [6.07, 6.45) is 5.85. The Kier molecular flexibility index (Phi) is 7.94. The number of hydrogen-bond acceptors (Lipinski definition) is 10. The molecule has 6 rings (SSSR count). The lowest BCUT2D eigenvalue weighted by molar-refractivity contribution is -0.116. The Hall–Kier alpha value is -3.84. The zero-order valence-electron chi connectivity index (χ0n) is 24.2. The largest absolute Gasteiger partial charge is 0.378 e. The first-order valence-corrected chi connectivity index (χ1v) is 16.5. The van der Waals surface area contributed by atoms with E-state index in [-0.39, 0.29) is 36.1 Å². The molecule has 3 fully saturated rings. The van der Waals surface area contributed by atoms with Gasteiger partial charge in [-0.1, -0.05) is 12.6 Å². The van der Waals surface area contributed by atoms with Gasteiger partial charge in [0.25, 0.3) is 0 Å². The Morgan fingerprint density at radius 3 is 2.70 bits per heavy atom. The van der Waals surface area contributed by atoms with Crippen LogP contribution < -0.4 is 20.4 Å². The maximum Gasteiger partial charge on any atom is 0.243 e. The maximum atomic E-state index is 14.5. The SMILES string of the molecule is C=CC(=O)N[C@H]1C[C@@H]1c1ccc(N2CC(CS(C)(=O)=O)C2)c2cnc(Nc3ccnc(N4CC[C@@H](OC)[C@@H](F)C4)n3)cc12. The minimum absolute atomic E-state index is 0.0262. The lowest BCUT2D eigenvalue weighted by atomic mass is 9.96. The third kappa shape index (κ3) is 6.42. The van der Waals surface area contributed by atoms with Crippen molar-refractivity contribution in [1.29, 1.82) is 0 Å². The fraction of sp³-hybridized carbons (Fsp3) is 0.467. The van der Waals surface area contributed by atoms with E-state index >= 15 is 0 Å². The van der Waals surface area contributed by atoms with E-state index in [0.717, 1.165) is 28.4 Å². The molecule has 13 heteroatoms. The highest BCUT2D eigenvalue weighted by Crippen LogP contribution is 2.46. The fourth-order valence-corrected chi connectivity index (χ4v) is 7.25. The number of aromatic nitrogens is 3. The lowest BCUT2D eigenvalue weighted by Crippen LogP contribution is -2.49. The Morgan fingerprint density at radius 1 is 1.16 bits per heavy atom. The van der Waals surface area contributed by atoms with Gasteiger partial charge in [0.1, 0.15) is 27.6 Å². The van der Waals surface area contributed by atoms with Crippen LogP contribution in [0.5, 0.6) is 0 Å².